The van der Waals surface area contributed by atoms with Crippen molar-refractivity contribution in [2.75, 3.05) is 17.7 Å². The number of aromatic nitrogens is 1. The van der Waals surface area contributed by atoms with Crippen molar-refractivity contribution >= 4 is 57.2 Å². The molecule has 150 valence electrons. The minimum atomic E-state index is -0.352. The van der Waals surface area contributed by atoms with E-state index in [0.717, 1.165) is 5.39 Å². The number of nitrogens with one attached hydrogen (secondary N) is 2. The maximum absolute atomic E-state index is 13.1. The van der Waals surface area contributed by atoms with Crippen molar-refractivity contribution in [1.29, 1.82) is 0 Å². The molecule has 1 amide bonds. The molecule has 0 aliphatic rings. The topological polar surface area (TPSA) is 63.2 Å². The van der Waals surface area contributed by atoms with Crippen molar-refractivity contribution in [3.63, 3.8) is 0 Å². The molecule has 0 unspecified atom stereocenters. The largest absolute Gasteiger partial charge is 0.497 e. The number of anilines is 3. The van der Waals surface area contributed by atoms with Crippen LogP contribution in [0.4, 0.5) is 17.2 Å². The number of hydrogen-bond donors (Lipinski definition) is 2. The molecular weight excluding hydrogens is 421 g/mol. The minimum absolute atomic E-state index is 0.343. The van der Waals surface area contributed by atoms with Crippen molar-refractivity contribution in [1.82, 2.24) is 4.98 Å². The first-order valence-electron chi connectivity index (χ1n) is 9.11. The fraction of sp³-hybridized carbons (Fsp3) is 0.0435. The molecule has 7 heteroatoms. The van der Waals surface area contributed by atoms with E-state index in [2.05, 4.69) is 15.6 Å². The monoisotopic (exact) mass is 437 g/mol. The van der Waals surface area contributed by atoms with Gasteiger partial charge in [0.25, 0.3) is 5.91 Å². The number of carbonyl (C=O) groups is 1. The van der Waals surface area contributed by atoms with E-state index in [1.165, 1.54) is 0 Å². The van der Waals surface area contributed by atoms with Gasteiger partial charge in [-0.05, 0) is 48.5 Å². The normalized spacial score (nSPS) is 10.6. The first-order chi connectivity index (χ1) is 14.5. The van der Waals surface area contributed by atoms with Gasteiger partial charge < -0.3 is 15.4 Å². The number of fused-ring (bicyclic) bond motifs is 1. The molecule has 4 aromatic rings. The summed E-state index contributed by atoms with van der Waals surface area (Å²) in [6.07, 6.45) is 0. The number of para-hydroxylation sites is 2. The van der Waals surface area contributed by atoms with Crippen LogP contribution in [0.2, 0.25) is 10.0 Å². The SMILES string of the molecule is COc1ccc2nc(Nc3ccccc3Cl)c(C(=O)Nc3ccccc3Cl)cc2c1. The first kappa shape index (κ1) is 20.0. The molecule has 3 aromatic carbocycles. The van der Waals surface area contributed by atoms with Gasteiger partial charge in [-0.3, -0.25) is 4.79 Å². The van der Waals surface area contributed by atoms with Crippen LogP contribution in [0.3, 0.4) is 0 Å². The van der Waals surface area contributed by atoms with Gasteiger partial charge in [-0.15, -0.1) is 0 Å². The molecule has 0 radical (unpaired) electrons. The molecule has 5 nitrogen and oxygen atoms in total. The van der Waals surface area contributed by atoms with Crippen molar-refractivity contribution in [2.45, 2.75) is 0 Å². The quantitative estimate of drug-likeness (QED) is 0.371. The molecule has 2 N–H and O–H groups in total. The average molecular weight is 438 g/mol. The Hall–Kier alpha value is -3.28. The summed E-state index contributed by atoms with van der Waals surface area (Å²) in [5.41, 5.74) is 2.21. The Morgan fingerprint density at radius 3 is 2.23 bits per heavy atom. The highest BCUT2D eigenvalue weighted by molar-refractivity contribution is 6.34. The van der Waals surface area contributed by atoms with Gasteiger partial charge in [0.2, 0.25) is 0 Å². The molecule has 0 bridgehead atoms. The molecule has 30 heavy (non-hydrogen) atoms. The molecular formula is C23H17Cl2N3O2. The zero-order chi connectivity index (χ0) is 21.1. The molecule has 0 atom stereocenters. The predicted molar refractivity (Wildman–Crippen MR) is 122 cm³/mol. The molecule has 0 fully saturated rings. The molecule has 0 spiro atoms. The van der Waals surface area contributed by atoms with Crippen LogP contribution in [0.15, 0.2) is 72.8 Å². The number of pyridine rings is 1. The number of ether oxygens (including phenoxy) is 1. The second-order valence-electron chi connectivity index (χ2n) is 6.48. The Morgan fingerprint density at radius 1 is 0.900 bits per heavy atom. The zero-order valence-corrected chi connectivity index (χ0v) is 17.5. The smallest absolute Gasteiger partial charge is 0.259 e. The van der Waals surface area contributed by atoms with Gasteiger partial charge in [0.05, 0.1) is 39.6 Å². The lowest BCUT2D eigenvalue weighted by Gasteiger charge is -2.14. The number of carbonyl (C=O) groups excluding carboxylic acids is 1. The van der Waals surface area contributed by atoms with Crippen LogP contribution in [-0.4, -0.2) is 18.0 Å². The van der Waals surface area contributed by atoms with E-state index < -0.39 is 0 Å². The Balaban J connectivity index is 1.80. The third kappa shape index (κ3) is 4.17. The molecule has 1 aromatic heterocycles. The summed E-state index contributed by atoms with van der Waals surface area (Å²) < 4.78 is 5.30. The van der Waals surface area contributed by atoms with Gasteiger partial charge in [0.1, 0.15) is 11.6 Å². The number of rotatable bonds is 5. The summed E-state index contributed by atoms with van der Waals surface area (Å²) >= 11 is 12.5. The number of nitrogens with zero attached hydrogens (tertiary/aromatic N) is 1. The molecule has 0 saturated heterocycles. The van der Waals surface area contributed by atoms with Gasteiger partial charge in [-0.25, -0.2) is 4.98 Å². The van der Waals surface area contributed by atoms with Crippen LogP contribution in [0.1, 0.15) is 10.4 Å². The van der Waals surface area contributed by atoms with Crippen LogP contribution in [0, 0.1) is 0 Å². The summed E-state index contributed by atoms with van der Waals surface area (Å²) in [6, 6.07) is 21.5. The van der Waals surface area contributed by atoms with Gasteiger partial charge in [-0.2, -0.15) is 0 Å². The Morgan fingerprint density at radius 2 is 1.57 bits per heavy atom. The van der Waals surface area contributed by atoms with E-state index in [1.807, 2.05) is 36.4 Å². The van der Waals surface area contributed by atoms with Crippen molar-refractivity contribution < 1.29 is 9.53 Å². The first-order valence-corrected chi connectivity index (χ1v) is 9.87. The van der Waals surface area contributed by atoms with E-state index in [1.54, 1.807) is 43.5 Å². The highest BCUT2D eigenvalue weighted by Crippen LogP contribution is 2.30. The second-order valence-corrected chi connectivity index (χ2v) is 7.30. The van der Waals surface area contributed by atoms with Gasteiger partial charge >= 0.3 is 0 Å². The Bertz CT molecular complexity index is 1240. The number of halogens is 2. The summed E-state index contributed by atoms with van der Waals surface area (Å²) in [5, 5.41) is 7.75. The molecule has 0 aliphatic carbocycles. The summed E-state index contributed by atoms with van der Waals surface area (Å²) in [6.45, 7) is 0. The summed E-state index contributed by atoms with van der Waals surface area (Å²) in [5.74, 6) is 0.703. The fourth-order valence-corrected chi connectivity index (χ4v) is 3.36. The lowest BCUT2D eigenvalue weighted by atomic mass is 10.1. The third-order valence-corrected chi connectivity index (χ3v) is 5.17. The lowest BCUT2D eigenvalue weighted by molar-refractivity contribution is 0.102. The summed E-state index contributed by atoms with van der Waals surface area (Å²) in [4.78, 5) is 17.8. The van der Waals surface area contributed by atoms with Crippen LogP contribution >= 0.6 is 23.2 Å². The van der Waals surface area contributed by atoms with E-state index in [9.17, 15) is 4.79 Å². The van der Waals surface area contributed by atoms with Crippen molar-refractivity contribution in [3.05, 3.63) is 88.4 Å². The fourth-order valence-electron chi connectivity index (χ4n) is 2.99. The highest BCUT2D eigenvalue weighted by Gasteiger charge is 2.17. The molecule has 4 rings (SSSR count). The number of benzene rings is 3. The molecule has 0 saturated carbocycles. The summed E-state index contributed by atoms with van der Waals surface area (Å²) in [7, 11) is 1.59. The Kier molecular flexibility index (Phi) is 5.74. The van der Waals surface area contributed by atoms with Crippen LogP contribution in [0.5, 0.6) is 5.75 Å². The van der Waals surface area contributed by atoms with Crippen molar-refractivity contribution in [3.8, 4) is 5.75 Å². The standard InChI is InChI=1S/C23H17Cl2N3O2/c1-30-15-10-11-19-14(12-15)13-16(23(29)28-21-9-5-3-7-18(21)25)22(26-19)27-20-8-4-2-6-17(20)24/h2-13H,1H3,(H,26,27)(H,28,29). The number of amides is 1. The van der Waals surface area contributed by atoms with E-state index in [0.29, 0.717) is 44.1 Å². The number of methoxy groups -OCH3 is 1. The minimum Gasteiger partial charge on any atom is -0.497 e. The van der Waals surface area contributed by atoms with Gasteiger partial charge in [0.15, 0.2) is 0 Å². The van der Waals surface area contributed by atoms with E-state index >= 15 is 0 Å². The Labute approximate surface area is 183 Å². The average Bonchev–Trinajstić information content (AvgIpc) is 2.76. The van der Waals surface area contributed by atoms with Gasteiger partial charge in [-0.1, -0.05) is 47.5 Å². The highest BCUT2D eigenvalue weighted by atomic mass is 35.5. The van der Waals surface area contributed by atoms with E-state index in [-0.39, 0.29) is 5.91 Å². The van der Waals surface area contributed by atoms with Crippen LogP contribution < -0.4 is 15.4 Å². The number of hydrogen-bond acceptors (Lipinski definition) is 4. The van der Waals surface area contributed by atoms with Gasteiger partial charge in [0, 0.05) is 5.39 Å². The zero-order valence-electron chi connectivity index (χ0n) is 15.9. The van der Waals surface area contributed by atoms with E-state index in [4.69, 9.17) is 27.9 Å². The van der Waals surface area contributed by atoms with Crippen LogP contribution in [-0.2, 0) is 0 Å². The molecule has 0 aliphatic heterocycles. The maximum Gasteiger partial charge on any atom is 0.259 e. The van der Waals surface area contributed by atoms with Crippen LogP contribution in [0.25, 0.3) is 10.9 Å². The third-order valence-electron chi connectivity index (χ3n) is 4.52. The lowest BCUT2D eigenvalue weighted by Crippen LogP contribution is -2.15. The second kappa shape index (κ2) is 8.61. The molecule has 1 heterocycles. The van der Waals surface area contributed by atoms with Crippen molar-refractivity contribution in [2.24, 2.45) is 0 Å². The predicted octanol–water partition coefficient (Wildman–Crippen LogP) is 6.55. The maximum atomic E-state index is 13.1.